The summed E-state index contributed by atoms with van der Waals surface area (Å²) in [7, 11) is 0. The molecule has 0 bridgehead atoms. The Morgan fingerprint density at radius 3 is 2.20 bits per heavy atom. The van der Waals surface area contributed by atoms with Gasteiger partial charge in [0.25, 0.3) is 0 Å². The number of guanidine groups is 1. The van der Waals surface area contributed by atoms with Crippen molar-refractivity contribution in [3.05, 3.63) is 0 Å². The number of amides is 2. The smallest absolute Gasteiger partial charge is 0.326 e. The molecule has 0 saturated heterocycles. The topological polar surface area (TPSA) is 235 Å². The SMILES string of the molecule is CC(C)C(NC(=O)C(CC(=O)O)NC(=O)CNCC(N)CCCN=C(N)N)C(=O)O. The van der Waals surface area contributed by atoms with Crippen LogP contribution in [0.3, 0.4) is 0 Å². The van der Waals surface area contributed by atoms with Crippen molar-refractivity contribution in [1.29, 1.82) is 0 Å². The van der Waals surface area contributed by atoms with Gasteiger partial charge < -0.3 is 43.4 Å². The zero-order chi connectivity index (χ0) is 23.3. The highest BCUT2D eigenvalue weighted by Gasteiger charge is 2.29. The fourth-order valence-corrected chi connectivity index (χ4v) is 2.43. The highest BCUT2D eigenvalue weighted by molar-refractivity contribution is 5.93. The molecule has 0 radical (unpaired) electrons. The predicted molar refractivity (Wildman–Crippen MR) is 109 cm³/mol. The van der Waals surface area contributed by atoms with Gasteiger partial charge in [0.15, 0.2) is 5.96 Å². The highest BCUT2D eigenvalue weighted by atomic mass is 16.4. The summed E-state index contributed by atoms with van der Waals surface area (Å²) in [4.78, 5) is 50.4. The maximum atomic E-state index is 12.3. The summed E-state index contributed by atoms with van der Waals surface area (Å²) in [5.41, 5.74) is 16.3. The van der Waals surface area contributed by atoms with Gasteiger partial charge in [-0.3, -0.25) is 19.4 Å². The molecule has 0 aromatic heterocycles. The molecule has 0 aromatic carbocycles. The number of nitrogens with one attached hydrogen (secondary N) is 3. The van der Waals surface area contributed by atoms with E-state index in [0.717, 1.165) is 0 Å². The average molecular weight is 431 g/mol. The number of nitrogens with zero attached hydrogens (tertiary/aromatic N) is 1. The number of carboxylic acid groups (broad SMARTS) is 2. The van der Waals surface area contributed by atoms with Crippen LogP contribution in [0, 0.1) is 5.92 Å². The highest BCUT2D eigenvalue weighted by Crippen LogP contribution is 2.03. The number of hydrogen-bond donors (Lipinski definition) is 8. The van der Waals surface area contributed by atoms with Gasteiger partial charge in [-0.1, -0.05) is 13.8 Å². The summed E-state index contributed by atoms with van der Waals surface area (Å²) in [5, 5.41) is 25.5. The van der Waals surface area contributed by atoms with E-state index >= 15 is 0 Å². The molecule has 0 fully saturated rings. The van der Waals surface area contributed by atoms with E-state index in [0.29, 0.717) is 25.9 Å². The maximum absolute atomic E-state index is 12.3. The molecule has 0 heterocycles. The third-order valence-corrected chi connectivity index (χ3v) is 3.98. The molecule has 0 aromatic rings. The first kappa shape index (κ1) is 27.1. The largest absolute Gasteiger partial charge is 0.481 e. The van der Waals surface area contributed by atoms with Gasteiger partial charge in [-0.25, -0.2) is 4.79 Å². The lowest BCUT2D eigenvalue weighted by atomic mass is 10.0. The summed E-state index contributed by atoms with van der Waals surface area (Å²) in [6.07, 6.45) is 0.585. The predicted octanol–water partition coefficient (Wildman–Crippen LogP) is -2.86. The molecule has 3 unspecified atom stereocenters. The first-order valence-corrected chi connectivity index (χ1v) is 9.50. The Bertz CT molecular complexity index is 622. The van der Waals surface area contributed by atoms with E-state index in [-0.39, 0.29) is 18.5 Å². The van der Waals surface area contributed by atoms with Crippen LogP contribution in [0.5, 0.6) is 0 Å². The van der Waals surface area contributed by atoms with E-state index < -0.39 is 48.2 Å². The fraction of sp³-hybridized carbons (Fsp3) is 0.706. The molecule has 13 nitrogen and oxygen atoms in total. The minimum absolute atomic E-state index is 0.00129. The van der Waals surface area contributed by atoms with Crippen LogP contribution in [-0.4, -0.2) is 77.7 Å². The van der Waals surface area contributed by atoms with E-state index in [9.17, 15) is 19.2 Å². The third kappa shape index (κ3) is 12.5. The molecule has 3 atom stereocenters. The van der Waals surface area contributed by atoms with Crippen molar-refractivity contribution in [1.82, 2.24) is 16.0 Å². The number of carboxylic acids is 2. The first-order chi connectivity index (χ1) is 13.9. The number of hydrogen-bond acceptors (Lipinski definition) is 7. The second-order valence-corrected chi connectivity index (χ2v) is 7.13. The number of carbonyl (C=O) groups is 4. The van der Waals surface area contributed by atoms with Crippen LogP contribution in [0.2, 0.25) is 0 Å². The summed E-state index contributed by atoms with van der Waals surface area (Å²) in [5.74, 6) is -4.51. The Balaban J connectivity index is 4.56. The van der Waals surface area contributed by atoms with Crippen molar-refractivity contribution in [2.45, 2.75) is 51.2 Å². The molecular weight excluding hydrogens is 398 g/mol. The van der Waals surface area contributed by atoms with Crippen LogP contribution < -0.4 is 33.2 Å². The van der Waals surface area contributed by atoms with Crippen LogP contribution in [0.15, 0.2) is 4.99 Å². The van der Waals surface area contributed by atoms with Gasteiger partial charge in [0, 0.05) is 19.1 Å². The van der Waals surface area contributed by atoms with Crippen molar-refractivity contribution in [2.75, 3.05) is 19.6 Å². The Hall–Kier alpha value is -2.93. The number of aliphatic carboxylic acids is 2. The second-order valence-electron chi connectivity index (χ2n) is 7.13. The number of nitrogens with two attached hydrogens (primary N) is 3. The molecule has 0 saturated carbocycles. The van der Waals surface area contributed by atoms with Crippen LogP contribution in [0.1, 0.15) is 33.1 Å². The van der Waals surface area contributed by atoms with Gasteiger partial charge in [-0.2, -0.15) is 0 Å². The lowest BCUT2D eigenvalue weighted by Crippen LogP contribution is -2.54. The maximum Gasteiger partial charge on any atom is 0.326 e. The molecule has 0 aliphatic heterocycles. The number of aliphatic imine (C=N–C) groups is 1. The number of carbonyl (C=O) groups excluding carboxylic acids is 2. The minimum atomic E-state index is -1.41. The van der Waals surface area contributed by atoms with Crippen molar-refractivity contribution < 1.29 is 29.4 Å². The molecule has 0 spiro atoms. The first-order valence-electron chi connectivity index (χ1n) is 9.50. The van der Waals surface area contributed by atoms with Crippen molar-refractivity contribution in [3.8, 4) is 0 Å². The van der Waals surface area contributed by atoms with Crippen LogP contribution in [-0.2, 0) is 19.2 Å². The van der Waals surface area contributed by atoms with Gasteiger partial charge in [0.05, 0.1) is 13.0 Å². The second kappa shape index (κ2) is 14.1. The summed E-state index contributed by atoms with van der Waals surface area (Å²) < 4.78 is 0. The zero-order valence-electron chi connectivity index (χ0n) is 17.3. The molecule has 30 heavy (non-hydrogen) atoms. The minimum Gasteiger partial charge on any atom is -0.481 e. The Morgan fingerprint density at radius 1 is 1.07 bits per heavy atom. The van der Waals surface area contributed by atoms with E-state index in [1.54, 1.807) is 13.8 Å². The van der Waals surface area contributed by atoms with E-state index in [4.69, 9.17) is 27.4 Å². The molecule has 0 aliphatic carbocycles. The van der Waals surface area contributed by atoms with E-state index in [1.165, 1.54) is 0 Å². The summed E-state index contributed by atoms with van der Waals surface area (Å²) in [6.45, 7) is 3.73. The van der Waals surface area contributed by atoms with Crippen molar-refractivity contribution in [3.63, 3.8) is 0 Å². The van der Waals surface area contributed by atoms with Gasteiger partial charge in [-0.15, -0.1) is 0 Å². The monoisotopic (exact) mass is 431 g/mol. The Morgan fingerprint density at radius 2 is 1.70 bits per heavy atom. The van der Waals surface area contributed by atoms with Crippen LogP contribution >= 0.6 is 0 Å². The number of rotatable bonds is 15. The molecule has 0 rings (SSSR count). The van der Waals surface area contributed by atoms with E-state index in [2.05, 4.69) is 20.9 Å². The van der Waals surface area contributed by atoms with E-state index in [1.807, 2.05) is 0 Å². The fourth-order valence-electron chi connectivity index (χ4n) is 2.43. The normalized spacial score (nSPS) is 13.7. The van der Waals surface area contributed by atoms with Gasteiger partial charge in [0.1, 0.15) is 12.1 Å². The van der Waals surface area contributed by atoms with Crippen molar-refractivity contribution in [2.24, 2.45) is 28.1 Å². The lowest BCUT2D eigenvalue weighted by molar-refractivity contribution is -0.144. The Labute approximate surface area is 174 Å². The van der Waals surface area contributed by atoms with Crippen LogP contribution in [0.4, 0.5) is 0 Å². The Kier molecular flexibility index (Phi) is 12.7. The summed E-state index contributed by atoms with van der Waals surface area (Å²) >= 11 is 0. The van der Waals surface area contributed by atoms with Crippen molar-refractivity contribution >= 4 is 29.7 Å². The van der Waals surface area contributed by atoms with Gasteiger partial charge in [0.2, 0.25) is 11.8 Å². The molecule has 13 heteroatoms. The molecule has 172 valence electrons. The standard InChI is InChI=1S/C17H33N7O6/c1-9(2)14(16(29)30)24-15(28)11(6-13(26)27)23-12(25)8-21-7-10(18)4-3-5-22-17(19)20/h9-11,14,21H,3-8,18H2,1-2H3,(H,23,25)(H,24,28)(H,26,27)(H,29,30)(H4,19,20,22). The zero-order valence-corrected chi connectivity index (χ0v) is 17.3. The third-order valence-electron chi connectivity index (χ3n) is 3.98. The van der Waals surface area contributed by atoms with Crippen LogP contribution in [0.25, 0.3) is 0 Å². The quantitative estimate of drug-likeness (QED) is 0.0749. The van der Waals surface area contributed by atoms with Gasteiger partial charge >= 0.3 is 11.9 Å². The molecule has 2 amide bonds. The molecular formula is C17H33N7O6. The lowest BCUT2D eigenvalue weighted by Gasteiger charge is -2.22. The average Bonchev–Trinajstić information content (AvgIpc) is 2.61. The summed E-state index contributed by atoms with van der Waals surface area (Å²) in [6, 6.07) is -2.88. The van der Waals surface area contributed by atoms with Gasteiger partial charge in [-0.05, 0) is 18.8 Å². The molecule has 11 N–H and O–H groups in total. The molecule has 0 aliphatic rings.